The molecular formula is C36H22N4. The van der Waals surface area contributed by atoms with E-state index in [0.29, 0.717) is 0 Å². The van der Waals surface area contributed by atoms with Gasteiger partial charge in [-0.15, -0.1) is 0 Å². The number of rotatable bonds is 3. The van der Waals surface area contributed by atoms with Crippen LogP contribution >= 0.6 is 0 Å². The van der Waals surface area contributed by atoms with Crippen molar-refractivity contribution >= 4 is 43.6 Å². The lowest BCUT2D eigenvalue weighted by Crippen LogP contribution is -1.96. The average molecular weight is 511 g/mol. The van der Waals surface area contributed by atoms with Crippen molar-refractivity contribution in [3.05, 3.63) is 134 Å². The van der Waals surface area contributed by atoms with Gasteiger partial charge in [0.15, 0.2) is 0 Å². The van der Waals surface area contributed by atoms with Gasteiger partial charge in [0.2, 0.25) is 0 Å². The second-order valence-electron chi connectivity index (χ2n) is 9.93. The van der Waals surface area contributed by atoms with Crippen LogP contribution in [0.15, 0.2) is 134 Å². The lowest BCUT2D eigenvalue weighted by molar-refractivity contribution is 1.31. The fourth-order valence-electron chi connectivity index (χ4n) is 5.52. The summed E-state index contributed by atoms with van der Waals surface area (Å²) in [5.74, 6) is 0. The van der Waals surface area contributed by atoms with Gasteiger partial charge in [-0.05, 0) is 30.3 Å². The highest BCUT2D eigenvalue weighted by Crippen LogP contribution is 2.37. The molecule has 0 unspecified atom stereocenters. The first-order chi connectivity index (χ1) is 19.8. The number of fused-ring (bicyclic) bond motifs is 6. The van der Waals surface area contributed by atoms with E-state index in [-0.39, 0.29) is 0 Å². The zero-order chi connectivity index (χ0) is 26.5. The topological polar surface area (TPSA) is 51.6 Å². The fraction of sp³-hybridized carbons (Fsp3) is 0. The summed E-state index contributed by atoms with van der Waals surface area (Å²) in [6, 6.07) is 43.7. The number of nitrogens with zero attached hydrogens (tertiary/aromatic N) is 4. The van der Waals surface area contributed by atoms with E-state index in [9.17, 15) is 0 Å². The second kappa shape index (κ2) is 9.07. The summed E-state index contributed by atoms with van der Waals surface area (Å²) in [5.41, 5.74) is 9.28. The summed E-state index contributed by atoms with van der Waals surface area (Å²) in [5, 5.41) is 4.28. The number of pyridine rings is 4. The zero-order valence-electron chi connectivity index (χ0n) is 21.5. The van der Waals surface area contributed by atoms with Crippen molar-refractivity contribution in [1.82, 2.24) is 19.9 Å². The molecule has 8 rings (SSSR count). The maximum Gasteiger partial charge on any atom is 0.0980 e. The Morgan fingerprint density at radius 1 is 0.400 bits per heavy atom. The van der Waals surface area contributed by atoms with Crippen molar-refractivity contribution < 1.29 is 0 Å². The minimum absolute atomic E-state index is 0.834. The zero-order valence-corrected chi connectivity index (χ0v) is 21.5. The Balaban J connectivity index is 1.49. The van der Waals surface area contributed by atoms with E-state index in [4.69, 9.17) is 19.9 Å². The normalized spacial score (nSPS) is 11.5. The summed E-state index contributed by atoms with van der Waals surface area (Å²) in [4.78, 5) is 20.3. The lowest BCUT2D eigenvalue weighted by atomic mass is 9.99. The van der Waals surface area contributed by atoms with Crippen LogP contribution in [0.4, 0.5) is 0 Å². The number of hydrogen-bond donors (Lipinski definition) is 0. The molecule has 4 aromatic carbocycles. The summed E-state index contributed by atoms with van der Waals surface area (Å²) < 4.78 is 0. The highest BCUT2D eigenvalue weighted by atomic mass is 14.8. The van der Waals surface area contributed by atoms with Crippen LogP contribution in [0.2, 0.25) is 0 Å². The Morgan fingerprint density at radius 2 is 1.07 bits per heavy atom. The Hall–Kier alpha value is -5.48. The first-order valence-electron chi connectivity index (χ1n) is 13.3. The van der Waals surface area contributed by atoms with Gasteiger partial charge in [-0.25, -0.2) is 15.0 Å². The van der Waals surface area contributed by atoms with E-state index in [0.717, 1.165) is 77.4 Å². The molecule has 8 aromatic rings. The molecule has 0 amide bonds. The Labute approximate surface area is 230 Å². The van der Waals surface area contributed by atoms with Crippen LogP contribution in [0.3, 0.4) is 0 Å². The average Bonchev–Trinajstić information content (AvgIpc) is 3.04. The minimum atomic E-state index is 0.834. The van der Waals surface area contributed by atoms with Gasteiger partial charge in [0.25, 0.3) is 0 Å². The van der Waals surface area contributed by atoms with Crippen LogP contribution in [-0.4, -0.2) is 19.9 Å². The third-order valence-corrected chi connectivity index (χ3v) is 7.45. The van der Waals surface area contributed by atoms with E-state index < -0.39 is 0 Å². The Kier molecular flexibility index (Phi) is 5.10. The minimum Gasteiger partial charge on any atom is -0.254 e. The van der Waals surface area contributed by atoms with Gasteiger partial charge >= 0.3 is 0 Å². The monoisotopic (exact) mass is 510 g/mol. The fourth-order valence-corrected chi connectivity index (χ4v) is 5.52. The van der Waals surface area contributed by atoms with Crippen molar-refractivity contribution in [2.45, 2.75) is 0 Å². The van der Waals surface area contributed by atoms with E-state index >= 15 is 0 Å². The molecule has 0 aliphatic heterocycles. The molecule has 0 bridgehead atoms. The molecule has 0 atom stereocenters. The predicted octanol–water partition coefficient (Wildman–Crippen LogP) is 8.88. The van der Waals surface area contributed by atoms with Crippen molar-refractivity contribution in [2.24, 2.45) is 0 Å². The van der Waals surface area contributed by atoms with Gasteiger partial charge in [-0.3, -0.25) is 4.98 Å². The van der Waals surface area contributed by atoms with Gasteiger partial charge in [0, 0.05) is 44.4 Å². The lowest BCUT2D eigenvalue weighted by Gasteiger charge is -2.14. The van der Waals surface area contributed by atoms with Crippen molar-refractivity contribution in [3.63, 3.8) is 0 Å². The number of benzene rings is 4. The number of hydrogen-bond acceptors (Lipinski definition) is 4. The third-order valence-electron chi connectivity index (χ3n) is 7.45. The van der Waals surface area contributed by atoms with Crippen LogP contribution in [0.25, 0.3) is 77.4 Å². The smallest absolute Gasteiger partial charge is 0.0980 e. The van der Waals surface area contributed by atoms with Crippen molar-refractivity contribution in [1.29, 1.82) is 0 Å². The molecule has 0 aliphatic rings. The van der Waals surface area contributed by atoms with Crippen LogP contribution in [0.1, 0.15) is 0 Å². The molecular weight excluding hydrogens is 488 g/mol. The molecule has 0 saturated carbocycles. The van der Waals surface area contributed by atoms with Crippen LogP contribution in [-0.2, 0) is 0 Å². The van der Waals surface area contributed by atoms with E-state index in [1.807, 2.05) is 54.7 Å². The molecule has 0 aliphatic carbocycles. The van der Waals surface area contributed by atoms with Crippen LogP contribution in [0, 0.1) is 0 Å². The largest absolute Gasteiger partial charge is 0.254 e. The van der Waals surface area contributed by atoms with Gasteiger partial charge in [-0.1, -0.05) is 97.1 Å². The standard InChI is InChI=1S/C36H22N4/c1-3-10-23(11-4-1)31-21-27(22-32(38-31)24-12-5-2-6-13-24)35-36-29(28-15-7-8-16-30(28)39-35)20-26-18-17-25-14-9-19-37-33(25)34(26)40-36/h1-22H. The Bertz CT molecular complexity index is 2150. The predicted molar refractivity (Wildman–Crippen MR) is 164 cm³/mol. The molecule has 40 heavy (non-hydrogen) atoms. The summed E-state index contributed by atoms with van der Waals surface area (Å²) in [7, 11) is 0. The molecule has 4 aromatic heterocycles. The molecule has 0 saturated heterocycles. The second-order valence-corrected chi connectivity index (χ2v) is 9.93. The maximum atomic E-state index is 5.29. The van der Waals surface area contributed by atoms with Gasteiger partial charge < -0.3 is 0 Å². The molecule has 4 nitrogen and oxygen atoms in total. The number of aromatic nitrogens is 4. The first kappa shape index (κ1) is 22.5. The summed E-state index contributed by atoms with van der Waals surface area (Å²) in [6.45, 7) is 0. The first-order valence-corrected chi connectivity index (χ1v) is 13.3. The Morgan fingerprint density at radius 3 is 1.82 bits per heavy atom. The van der Waals surface area contributed by atoms with E-state index in [1.165, 1.54) is 0 Å². The number of para-hydroxylation sites is 1. The van der Waals surface area contributed by atoms with Gasteiger partial charge in [-0.2, -0.15) is 0 Å². The molecule has 0 N–H and O–H groups in total. The third kappa shape index (κ3) is 3.69. The molecule has 0 radical (unpaired) electrons. The van der Waals surface area contributed by atoms with Crippen LogP contribution < -0.4 is 0 Å². The van der Waals surface area contributed by atoms with E-state index in [2.05, 4.69) is 78.9 Å². The van der Waals surface area contributed by atoms with Gasteiger partial charge in [0.1, 0.15) is 0 Å². The SMILES string of the molecule is c1ccc(-c2cc(-c3nc4ccccc4c4cc5ccc6cccnc6c5nc34)cc(-c3ccccc3)n2)cc1. The highest BCUT2D eigenvalue weighted by Gasteiger charge is 2.17. The van der Waals surface area contributed by atoms with Crippen molar-refractivity contribution in [3.8, 4) is 33.8 Å². The molecule has 186 valence electrons. The van der Waals surface area contributed by atoms with Crippen LogP contribution in [0.5, 0.6) is 0 Å². The maximum absolute atomic E-state index is 5.29. The van der Waals surface area contributed by atoms with Gasteiger partial charge in [0.05, 0.1) is 39.1 Å². The highest BCUT2D eigenvalue weighted by molar-refractivity contribution is 6.15. The molecule has 4 heteroatoms. The molecule has 0 fully saturated rings. The summed E-state index contributed by atoms with van der Waals surface area (Å²) >= 11 is 0. The molecule has 4 heterocycles. The quantitative estimate of drug-likeness (QED) is 0.176. The van der Waals surface area contributed by atoms with Crippen molar-refractivity contribution in [2.75, 3.05) is 0 Å². The van der Waals surface area contributed by atoms with E-state index in [1.54, 1.807) is 0 Å². The summed E-state index contributed by atoms with van der Waals surface area (Å²) in [6.07, 6.45) is 1.83. The molecule has 0 spiro atoms.